The second-order valence-electron chi connectivity index (χ2n) is 6.81. The lowest BCUT2D eigenvalue weighted by Gasteiger charge is -2.25. The van der Waals surface area contributed by atoms with E-state index in [4.69, 9.17) is 0 Å². The molecule has 0 radical (unpaired) electrons. The van der Waals surface area contributed by atoms with E-state index < -0.39 is 30.0 Å². The topological polar surface area (TPSA) is 9.23 Å². The van der Waals surface area contributed by atoms with Gasteiger partial charge in [0, 0.05) is 0 Å². The van der Waals surface area contributed by atoms with E-state index in [1.807, 2.05) is 6.08 Å². The summed E-state index contributed by atoms with van der Waals surface area (Å²) in [5.74, 6) is -1.37. The van der Waals surface area contributed by atoms with Crippen LogP contribution in [0.25, 0.3) is 6.08 Å². The van der Waals surface area contributed by atoms with E-state index in [1.165, 1.54) is 6.07 Å². The van der Waals surface area contributed by atoms with E-state index >= 15 is 0 Å². The zero-order chi connectivity index (χ0) is 20.2. The fraction of sp³-hybridized carbons (Fsp3) is 0.579. The van der Waals surface area contributed by atoms with Crippen molar-refractivity contribution < 1.29 is 35.5 Å². The molecule has 27 heavy (non-hydrogen) atoms. The van der Waals surface area contributed by atoms with Gasteiger partial charge in [0.1, 0.15) is 0 Å². The molecule has 152 valence electrons. The highest BCUT2D eigenvalue weighted by atomic mass is 19.4. The summed E-state index contributed by atoms with van der Waals surface area (Å²) in [7, 11) is 0. The molecule has 0 aromatic heterocycles. The first-order chi connectivity index (χ1) is 12.5. The second kappa shape index (κ2) is 8.52. The van der Waals surface area contributed by atoms with Gasteiger partial charge >= 0.3 is 12.3 Å². The zero-order valence-corrected chi connectivity index (χ0v) is 14.7. The maximum atomic E-state index is 13.9. The number of hydrogen-bond donors (Lipinski definition) is 0. The normalized spacial score (nSPS) is 22.8. The molecule has 0 aliphatic heterocycles. The predicted octanol–water partition coefficient (Wildman–Crippen LogP) is 6.93. The van der Waals surface area contributed by atoms with Crippen LogP contribution in [0.15, 0.2) is 24.3 Å². The van der Waals surface area contributed by atoms with Gasteiger partial charge in [0.05, 0.1) is 0 Å². The van der Waals surface area contributed by atoms with Gasteiger partial charge in [-0.25, -0.2) is 8.78 Å². The predicted molar refractivity (Wildman–Crippen MR) is 87.7 cm³/mol. The molecule has 1 nitrogen and oxygen atoms in total. The molecular weight excluding hydrogens is 377 g/mol. The molecule has 1 saturated carbocycles. The van der Waals surface area contributed by atoms with Crippen LogP contribution in [0, 0.1) is 17.7 Å². The van der Waals surface area contributed by atoms with Gasteiger partial charge in [-0.15, -0.1) is 0 Å². The number of benzene rings is 1. The van der Waals surface area contributed by atoms with E-state index in [-0.39, 0.29) is 0 Å². The Balaban J connectivity index is 2.02. The van der Waals surface area contributed by atoms with Crippen molar-refractivity contribution in [3.8, 4) is 5.75 Å². The molecule has 0 amide bonds. The highest BCUT2D eigenvalue weighted by molar-refractivity contribution is 5.51. The zero-order valence-electron chi connectivity index (χ0n) is 14.7. The standard InChI is InChI=1S/C19H21F7O/c1-2-12-3-5-13(6-4-12)7-8-14-9-10-16(15(20)11-14)27-19(25,26)17(21)18(22,23)24/h7-13,17H,2-6H2,1H3/b8-7+. The minimum absolute atomic E-state index is 0.343. The summed E-state index contributed by atoms with van der Waals surface area (Å²) in [5, 5.41) is 0. The first kappa shape index (κ1) is 21.6. The minimum Gasteiger partial charge on any atom is -0.427 e. The van der Waals surface area contributed by atoms with Crippen LogP contribution in [0.2, 0.25) is 0 Å². The number of halogens is 7. The minimum atomic E-state index is -5.82. The van der Waals surface area contributed by atoms with Crippen molar-refractivity contribution in [3.05, 3.63) is 35.7 Å². The molecule has 0 bridgehead atoms. The fourth-order valence-electron chi connectivity index (χ4n) is 3.13. The molecular formula is C19H21F7O. The number of rotatable bonds is 6. The van der Waals surface area contributed by atoms with Crippen LogP contribution in [-0.4, -0.2) is 18.5 Å². The molecule has 1 atom stereocenters. The quantitative estimate of drug-likeness (QED) is 0.472. The van der Waals surface area contributed by atoms with Crippen molar-refractivity contribution in [1.82, 2.24) is 0 Å². The van der Waals surface area contributed by atoms with Crippen LogP contribution in [-0.2, 0) is 0 Å². The Bertz CT molecular complexity index is 646. The van der Waals surface area contributed by atoms with Crippen molar-refractivity contribution in [2.75, 3.05) is 0 Å². The van der Waals surface area contributed by atoms with Crippen LogP contribution in [0.1, 0.15) is 44.6 Å². The molecule has 8 heteroatoms. The van der Waals surface area contributed by atoms with Crippen LogP contribution in [0.5, 0.6) is 5.75 Å². The van der Waals surface area contributed by atoms with Crippen LogP contribution >= 0.6 is 0 Å². The van der Waals surface area contributed by atoms with Gasteiger partial charge in [-0.05, 0) is 55.2 Å². The Morgan fingerprint density at radius 2 is 1.74 bits per heavy atom. The lowest BCUT2D eigenvalue weighted by Crippen LogP contribution is -2.45. The SMILES string of the molecule is CCC1CCC(/C=C/c2ccc(OC(F)(F)C(F)C(F)(F)F)c(F)c2)CC1. The van der Waals surface area contributed by atoms with Gasteiger partial charge in [0.15, 0.2) is 11.6 Å². The summed E-state index contributed by atoms with van der Waals surface area (Å²) in [5.41, 5.74) is 0.355. The summed E-state index contributed by atoms with van der Waals surface area (Å²) in [6, 6.07) is 2.85. The third-order valence-corrected chi connectivity index (χ3v) is 4.81. The molecule has 1 aliphatic rings. The van der Waals surface area contributed by atoms with E-state index in [0.717, 1.165) is 50.2 Å². The number of ether oxygens (including phenoxy) is 1. The molecule has 2 rings (SSSR count). The maximum Gasteiger partial charge on any atom is 0.439 e. The van der Waals surface area contributed by atoms with Crippen molar-refractivity contribution >= 4 is 6.08 Å². The van der Waals surface area contributed by atoms with Crippen molar-refractivity contribution in [2.24, 2.45) is 11.8 Å². The summed E-state index contributed by atoms with van der Waals surface area (Å²) in [4.78, 5) is 0. The van der Waals surface area contributed by atoms with E-state index in [1.54, 1.807) is 6.08 Å². The van der Waals surface area contributed by atoms with Gasteiger partial charge in [-0.1, -0.05) is 31.6 Å². The van der Waals surface area contributed by atoms with Crippen molar-refractivity contribution in [1.29, 1.82) is 0 Å². The van der Waals surface area contributed by atoms with E-state index in [2.05, 4.69) is 11.7 Å². The molecule has 1 aliphatic carbocycles. The van der Waals surface area contributed by atoms with Gasteiger partial charge < -0.3 is 4.74 Å². The van der Waals surface area contributed by atoms with Gasteiger partial charge in [0.25, 0.3) is 6.17 Å². The molecule has 1 fully saturated rings. The monoisotopic (exact) mass is 398 g/mol. The summed E-state index contributed by atoms with van der Waals surface area (Å²) >= 11 is 0. The lowest BCUT2D eigenvalue weighted by molar-refractivity contribution is -0.305. The second-order valence-corrected chi connectivity index (χ2v) is 6.81. The Labute approximate surface area is 153 Å². The largest absolute Gasteiger partial charge is 0.439 e. The highest BCUT2D eigenvalue weighted by Gasteiger charge is 2.59. The molecule has 0 heterocycles. The Morgan fingerprint density at radius 1 is 1.11 bits per heavy atom. The first-order valence-electron chi connectivity index (χ1n) is 8.78. The first-order valence-corrected chi connectivity index (χ1v) is 8.78. The average molecular weight is 398 g/mol. The summed E-state index contributed by atoms with van der Waals surface area (Å²) in [6.07, 6.45) is -6.65. The fourth-order valence-corrected chi connectivity index (χ4v) is 3.13. The third-order valence-electron chi connectivity index (χ3n) is 4.81. The van der Waals surface area contributed by atoms with Crippen LogP contribution < -0.4 is 4.74 Å². The van der Waals surface area contributed by atoms with Gasteiger partial charge in [0.2, 0.25) is 0 Å². The Hall–Kier alpha value is -1.73. The molecule has 1 unspecified atom stereocenters. The number of hydrogen-bond acceptors (Lipinski definition) is 1. The van der Waals surface area contributed by atoms with E-state index in [0.29, 0.717) is 11.5 Å². The molecule has 1 aromatic rings. The Kier molecular flexibility index (Phi) is 6.81. The van der Waals surface area contributed by atoms with E-state index in [9.17, 15) is 30.7 Å². The number of allylic oxidation sites excluding steroid dienone is 1. The lowest BCUT2D eigenvalue weighted by atomic mass is 9.80. The Morgan fingerprint density at radius 3 is 2.26 bits per heavy atom. The van der Waals surface area contributed by atoms with Gasteiger partial charge in [-0.2, -0.15) is 22.0 Å². The smallest absolute Gasteiger partial charge is 0.427 e. The van der Waals surface area contributed by atoms with Gasteiger partial charge in [-0.3, -0.25) is 0 Å². The highest BCUT2D eigenvalue weighted by Crippen LogP contribution is 2.37. The molecule has 1 aromatic carbocycles. The molecule has 0 N–H and O–H groups in total. The van der Waals surface area contributed by atoms with Crippen LogP contribution in [0.4, 0.5) is 30.7 Å². The summed E-state index contributed by atoms with van der Waals surface area (Å²) < 4.78 is 93.2. The third kappa shape index (κ3) is 5.87. The van der Waals surface area contributed by atoms with Crippen molar-refractivity contribution in [3.63, 3.8) is 0 Å². The average Bonchev–Trinajstić information content (AvgIpc) is 2.61. The summed E-state index contributed by atoms with van der Waals surface area (Å²) in [6.45, 7) is 2.15. The van der Waals surface area contributed by atoms with Crippen LogP contribution in [0.3, 0.4) is 0 Å². The van der Waals surface area contributed by atoms with Crippen molar-refractivity contribution in [2.45, 2.75) is 57.5 Å². The molecule has 0 spiro atoms. The molecule has 0 saturated heterocycles. The maximum absolute atomic E-state index is 13.9. The number of alkyl halides is 6.